The van der Waals surface area contributed by atoms with Gasteiger partial charge in [-0.3, -0.25) is 9.59 Å². The lowest BCUT2D eigenvalue weighted by atomic mass is 9.99. The van der Waals surface area contributed by atoms with Crippen LogP contribution in [0.4, 0.5) is 0 Å². The van der Waals surface area contributed by atoms with Crippen LogP contribution in [-0.2, 0) is 4.79 Å². The van der Waals surface area contributed by atoms with E-state index in [0.29, 0.717) is 26.9 Å². The van der Waals surface area contributed by atoms with Crippen molar-refractivity contribution in [2.45, 2.75) is 12.1 Å². The van der Waals surface area contributed by atoms with Gasteiger partial charge in [0.15, 0.2) is 6.04 Å². The van der Waals surface area contributed by atoms with Gasteiger partial charge in [0, 0.05) is 16.1 Å². The summed E-state index contributed by atoms with van der Waals surface area (Å²) in [5.74, 6) is 0.0132. The molecule has 1 saturated heterocycles. The zero-order valence-corrected chi connectivity index (χ0v) is 18.6. The Morgan fingerprint density at radius 2 is 1.78 bits per heavy atom. The first-order valence-corrected chi connectivity index (χ1v) is 10.6. The highest BCUT2D eigenvalue weighted by Gasteiger charge is 2.47. The van der Waals surface area contributed by atoms with E-state index in [-0.39, 0.29) is 11.8 Å². The molecule has 32 heavy (non-hydrogen) atoms. The predicted octanol–water partition coefficient (Wildman–Crippen LogP) is 4.02. The second kappa shape index (κ2) is 9.42. The largest absolute Gasteiger partial charge is 0.497 e. The highest BCUT2D eigenvalue weighted by Crippen LogP contribution is 2.28. The van der Waals surface area contributed by atoms with Crippen molar-refractivity contribution in [1.29, 1.82) is 0 Å². The van der Waals surface area contributed by atoms with E-state index in [1.54, 1.807) is 60.5 Å². The van der Waals surface area contributed by atoms with Gasteiger partial charge in [0.25, 0.3) is 5.91 Å². The molecule has 162 valence electrons. The summed E-state index contributed by atoms with van der Waals surface area (Å²) in [5.41, 5.74) is 4.78. The number of hydrogen-bond acceptors (Lipinski definition) is 3. The van der Waals surface area contributed by atoms with Crippen molar-refractivity contribution in [3.05, 3.63) is 99.5 Å². The molecule has 2 atom stereocenters. The van der Waals surface area contributed by atoms with Crippen molar-refractivity contribution in [2.24, 2.45) is 0 Å². The van der Waals surface area contributed by atoms with Gasteiger partial charge in [0.1, 0.15) is 5.75 Å². The van der Waals surface area contributed by atoms with E-state index >= 15 is 0 Å². The molecule has 1 aliphatic rings. The van der Waals surface area contributed by atoms with Gasteiger partial charge < -0.3 is 10.1 Å². The van der Waals surface area contributed by atoms with E-state index in [2.05, 4.69) is 10.7 Å². The van der Waals surface area contributed by atoms with Gasteiger partial charge in [-0.2, -0.15) is 0 Å². The smallest absolute Gasteiger partial charge is 0.304 e. The van der Waals surface area contributed by atoms with Gasteiger partial charge in [0.05, 0.1) is 17.7 Å². The summed E-state index contributed by atoms with van der Waals surface area (Å²) in [4.78, 5) is 25.7. The zero-order chi connectivity index (χ0) is 22.7. The average molecular weight is 469 g/mol. The van der Waals surface area contributed by atoms with E-state index in [9.17, 15) is 9.59 Å². The lowest BCUT2D eigenvalue weighted by Gasteiger charge is -2.15. The van der Waals surface area contributed by atoms with Crippen molar-refractivity contribution in [1.82, 2.24) is 10.7 Å². The molecule has 0 radical (unpaired) electrons. The number of methoxy groups -OCH3 is 1. The number of hydrazine groups is 1. The molecule has 1 fully saturated rings. The third kappa shape index (κ3) is 4.61. The molecular formula is C24H20Cl2N3O3+. The number of benzene rings is 3. The van der Waals surface area contributed by atoms with Crippen LogP contribution in [0.5, 0.6) is 5.75 Å². The standard InChI is InChI=1S/C24H19Cl2N3O3/c1-32-19-11-8-15(9-12-19)22-21(27-23(30)16-5-3-2-4-6-16)24(31)28-29(22)14-17-7-10-18(25)13-20(17)26/h2-14,21-22H,1H3,(H-,27,28,30,31)/p+1/b29-14-/t21-,22-/m1/s1. The summed E-state index contributed by atoms with van der Waals surface area (Å²) >= 11 is 12.3. The molecule has 3 aromatic rings. The Morgan fingerprint density at radius 1 is 1.06 bits per heavy atom. The molecule has 8 heteroatoms. The molecule has 0 spiro atoms. The maximum atomic E-state index is 12.9. The Labute approximate surface area is 195 Å². The fourth-order valence-corrected chi connectivity index (χ4v) is 4.01. The quantitative estimate of drug-likeness (QED) is 0.555. The molecule has 4 rings (SSSR count). The van der Waals surface area contributed by atoms with Gasteiger partial charge in [0.2, 0.25) is 12.3 Å². The summed E-state index contributed by atoms with van der Waals surface area (Å²) in [6.07, 6.45) is 1.72. The third-order valence-electron chi connectivity index (χ3n) is 5.16. The van der Waals surface area contributed by atoms with Crippen LogP contribution in [0.1, 0.15) is 27.5 Å². The van der Waals surface area contributed by atoms with Crippen LogP contribution in [-0.4, -0.2) is 35.9 Å². The van der Waals surface area contributed by atoms with Crippen molar-refractivity contribution in [2.75, 3.05) is 7.11 Å². The highest BCUT2D eigenvalue weighted by atomic mass is 35.5. The summed E-state index contributed by atoms with van der Waals surface area (Å²) in [6.45, 7) is 0. The molecule has 1 heterocycles. The summed E-state index contributed by atoms with van der Waals surface area (Å²) in [7, 11) is 1.58. The second-order valence-electron chi connectivity index (χ2n) is 7.21. The first kappa shape index (κ1) is 21.9. The van der Waals surface area contributed by atoms with E-state index in [1.165, 1.54) is 0 Å². The lowest BCUT2D eigenvalue weighted by Crippen LogP contribution is -2.42. The summed E-state index contributed by atoms with van der Waals surface area (Å²) < 4.78 is 6.90. The second-order valence-corrected chi connectivity index (χ2v) is 8.06. The molecule has 0 aromatic heterocycles. The number of ether oxygens (including phenoxy) is 1. The van der Waals surface area contributed by atoms with Gasteiger partial charge in [-0.1, -0.05) is 41.4 Å². The fourth-order valence-electron chi connectivity index (χ4n) is 3.55. The zero-order valence-electron chi connectivity index (χ0n) is 17.1. The lowest BCUT2D eigenvalue weighted by molar-refractivity contribution is -0.596. The molecule has 0 aliphatic carbocycles. The van der Waals surface area contributed by atoms with Crippen molar-refractivity contribution >= 4 is 41.2 Å². The Hall–Kier alpha value is -3.35. The number of hydrogen-bond donors (Lipinski definition) is 2. The minimum Gasteiger partial charge on any atom is -0.497 e. The SMILES string of the molecule is COc1ccc([C@@H]2[C@@H](NC(=O)c3ccccc3)C(=O)N/[N+]2=C\c2ccc(Cl)cc2Cl)cc1. The number of carbonyl (C=O) groups excluding carboxylic acids is 2. The van der Waals surface area contributed by atoms with E-state index < -0.39 is 12.1 Å². The minimum atomic E-state index is -0.835. The molecule has 0 saturated carbocycles. The Kier molecular flexibility index (Phi) is 6.44. The number of rotatable bonds is 5. The minimum absolute atomic E-state index is 0.337. The van der Waals surface area contributed by atoms with Gasteiger partial charge in [-0.05, 0) is 54.6 Å². The number of carbonyl (C=O) groups is 2. The normalized spacial score (nSPS) is 19.0. The molecule has 0 bridgehead atoms. The van der Waals surface area contributed by atoms with Gasteiger partial charge in [-0.15, -0.1) is 10.1 Å². The van der Waals surface area contributed by atoms with Crippen LogP contribution < -0.4 is 15.5 Å². The number of amides is 2. The third-order valence-corrected chi connectivity index (χ3v) is 5.72. The molecule has 2 N–H and O–H groups in total. The maximum Gasteiger partial charge on any atom is 0.304 e. The summed E-state index contributed by atoms with van der Waals surface area (Å²) in [5, 5.41) is 3.82. The first-order valence-electron chi connectivity index (χ1n) is 9.85. The fraction of sp³-hybridized carbons (Fsp3) is 0.125. The Balaban J connectivity index is 1.73. The van der Waals surface area contributed by atoms with Crippen LogP contribution in [0.15, 0.2) is 72.8 Å². The Bertz CT molecular complexity index is 1180. The van der Waals surface area contributed by atoms with Gasteiger partial charge >= 0.3 is 5.91 Å². The van der Waals surface area contributed by atoms with Crippen molar-refractivity contribution < 1.29 is 19.0 Å². The van der Waals surface area contributed by atoms with Crippen LogP contribution in [0.2, 0.25) is 10.0 Å². The average Bonchev–Trinajstić information content (AvgIpc) is 3.10. The highest BCUT2D eigenvalue weighted by molar-refractivity contribution is 6.36. The van der Waals surface area contributed by atoms with Crippen LogP contribution in [0.3, 0.4) is 0 Å². The number of nitrogens with zero attached hydrogens (tertiary/aromatic N) is 1. The monoisotopic (exact) mass is 468 g/mol. The molecule has 3 aromatic carbocycles. The van der Waals surface area contributed by atoms with Crippen LogP contribution in [0, 0.1) is 0 Å². The maximum absolute atomic E-state index is 12.9. The number of halogens is 2. The topological polar surface area (TPSA) is 70.4 Å². The number of hydrazone groups is 1. The van der Waals surface area contributed by atoms with Gasteiger partial charge in [-0.25, -0.2) is 0 Å². The van der Waals surface area contributed by atoms with Crippen LogP contribution in [0.25, 0.3) is 0 Å². The van der Waals surface area contributed by atoms with E-state index in [0.717, 1.165) is 5.56 Å². The molecule has 2 amide bonds. The first-order chi connectivity index (χ1) is 15.5. The summed E-state index contributed by atoms with van der Waals surface area (Å²) in [6, 6.07) is 19.8. The Morgan fingerprint density at radius 3 is 2.44 bits per heavy atom. The van der Waals surface area contributed by atoms with Crippen molar-refractivity contribution in [3.8, 4) is 5.75 Å². The van der Waals surface area contributed by atoms with E-state index in [1.807, 2.05) is 30.3 Å². The molecule has 0 unspecified atom stereocenters. The molecule has 6 nitrogen and oxygen atoms in total. The van der Waals surface area contributed by atoms with Crippen molar-refractivity contribution in [3.63, 3.8) is 0 Å². The predicted molar refractivity (Wildman–Crippen MR) is 123 cm³/mol. The molecular weight excluding hydrogens is 449 g/mol. The van der Waals surface area contributed by atoms with Crippen LogP contribution >= 0.6 is 23.2 Å². The molecule has 1 aliphatic heterocycles. The number of nitrogens with one attached hydrogen (secondary N) is 2. The van der Waals surface area contributed by atoms with E-state index in [4.69, 9.17) is 27.9 Å².